The second kappa shape index (κ2) is 30.2. The molecule has 4 unspecified atom stereocenters. The summed E-state index contributed by atoms with van der Waals surface area (Å²) in [5, 5.41) is 2.52. The van der Waals surface area contributed by atoms with Crippen LogP contribution in [0.3, 0.4) is 0 Å². The molecule has 1 radical (unpaired) electrons. The van der Waals surface area contributed by atoms with Gasteiger partial charge in [0.1, 0.15) is 30.5 Å². The fourth-order valence-electron chi connectivity index (χ4n) is 18.0. The van der Waals surface area contributed by atoms with Crippen molar-refractivity contribution in [1.29, 1.82) is 0 Å². The van der Waals surface area contributed by atoms with Crippen LogP contribution in [0.25, 0.3) is 22.0 Å². The van der Waals surface area contributed by atoms with Crippen molar-refractivity contribution in [2.24, 2.45) is 0 Å². The largest absolute Gasteiger partial charge is 0.498 e. The van der Waals surface area contributed by atoms with Crippen LogP contribution in [0.5, 0.6) is 0 Å². The zero-order valence-electron chi connectivity index (χ0n) is 66.3. The molecule has 19 heteroatoms. The SMILES string of the molecule is CC(C)N1[CH-]N(c2[c-]cc(C(C)(C)C)cc2)c2ncccc21.CC(C)N1c2c(ncc3ccccc23)N2c3ccccc3CC21.CC(C)N1c2cc(C(F)(F)F)cnc2N2c3ccccc3CC21.CC(C)N1c2ccc(-c3ccccc3)nc2N2c3ccccc3CC21.CC(C)N1c2cccnc2N2c3ccccc3CC21.[Ir]. The van der Waals surface area contributed by atoms with E-state index in [-0.39, 0.29) is 37.7 Å². The standard InChI is InChI=1S/C22H21N3.C20H19N3.C19H23N3.C17H16F3N3.C16H17N3.Ir/c1-15(2)24-20-13-12-18(16-8-4-3-5-9-16)23-22(20)25-19-11-7-6-10-17(19)14-21(24)25;1-13(2)22-18-11-14-7-4-6-10-17(14)23(18)20-19(22)16-9-5-3-8-15(16)12-21-20;1-14(2)21-13-22(18-17(21)7-6-12-20-18)16-10-8-15(9-11-16)19(3,4)5;1-10(2)22-14-8-12(17(18,19)20)9-21-16(14)23-13-6-4-3-5-11(13)7-15(22)23;1-11(2)18-14-8-5-9-17-16(14)19-13-7-4-3-6-12(13)10-15(18)19;/h3-13,15,21H,14H2,1-2H3;3-10,12-13,18H,11H2,1-2H3;6-10,12-14H,1-5H3;3-6,8-10,15H,7H2,1-2H3;3-9,11,15H,10H2,1-2H3;/q;;-2;;;. The summed E-state index contributed by atoms with van der Waals surface area (Å²) in [4.78, 5) is 46.5. The quantitative estimate of drug-likeness (QED) is 0.142. The number of aromatic nitrogens is 5. The number of hydrogen-bond donors (Lipinski definition) is 0. The molecule has 14 heterocycles. The van der Waals surface area contributed by atoms with E-state index in [1.54, 1.807) is 0 Å². The molecule has 5 aromatic heterocycles. The van der Waals surface area contributed by atoms with Crippen molar-refractivity contribution < 1.29 is 33.3 Å². The van der Waals surface area contributed by atoms with Gasteiger partial charge in [-0.15, -0.1) is 18.4 Å². The average molecular weight is 1690 g/mol. The Bertz CT molecular complexity index is 5480. The predicted octanol–water partition coefficient (Wildman–Crippen LogP) is 21.8. The molecule has 15 nitrogen and oxygen atoms in total. The van der Waals surface area contributed by atoms with E-state index in [9.17, 15) is 13.2 Å². The molecular weight excluding hydrogens is 1590 g/mol. The Morgan fingerprint density at radius 1 is 0.398 bits per heavy atom. The van der Waals surface area contributed by atoms with E-state index in [1.807, 2.05) is 73.7 Å². The molecule has 0 saturated heterocycles. The molecule has 113 heavy (non-hydrogen) atoms. The van der Waals surface area contributed by atoms with Gasteiger partial charge in [-0.2, -0.15) is 36.9 Å². The molecule has 21 rings (SSSR count). The van der Waals surface area contributed by atoms with E-state index in [0.717, 1.165) is 83.5 Å². The third kappa shape index (κ3) is 13.5. The van der Waals surface area contributed by atoms with Gasteiger partial charge in [-0.1, -0.05) is 154 Å². The Hall–Kier alpha value is -11.0. The van der Waals surface area contributed by atoms with Crippen molar-refractivity contribution in [1.82, 2.24) is 24.9 Å². The van der Waals surface area contributed by atoms with E-state index in [4.69, 9.17) is 9.97 Å². The fourth-order valence-corrected chi connectivity index (χ4v) is 18.0. The van der Waals surface area contributed by atoms with Crippen molar-refractivity contribution in [3.63, 3.8) is 0 Å². The normalized spacial score (nSPS) is 17.7. The van der Waals surface area contributed by atoms with Crippen molar-refractivity contribution >= 4 is 96.7 Å². The van der Waals surface area contributed by atoms with Crippen molar-refractivity contribution in [3.05, 3.63) is 283 Å². The topological polar surface area (TPSA) is 96.8 Å². The first-order chi connectivity index (χ1) is 54.0. The van der Waals surface area contributed by atoms with Gasteiger partial charge in [0.05, 0.1) is 34.0 Å². The fraction of sp³-hybridized carbons (Fsp3) is 0.298. The number of fused-ring (bicyclic) bond motifs is 23. The van der Waals surface area contributed by atoms with Crippen LogP contribution in [0.15, 0.2) is 237 Å². The average Bonchev–Trinajstić information content (AvgIpc) is 1.56. The van der Waals surface area contributed by atoms with Crippen LogP contribution in [-0.4, -0.2) is 79.8 Å². The van der Waals surface area contributed by atoms with Crippen molar-refractivity contribution in [2.45, 2.75) is 182 Å². The van der Waals surface area contributed by atoms with E-state index in [1.165, 1.54) is 78.8 Å². The van der Waals surface area contributed by atoms with Crippen LogP contribution in [0.2, 0.25) is 0 Å². The molecule has 0 fully saturated rings. The molecule has 0 amide bonds. The van der Waals surface area contributed by atoms with Crippen LogP contribution >= 0.6 is 0 Å². The maximum absolute atomic E-state index is 13.0. The zero-order chi connectivity index (χ0) is 77.8. The summed E-state index contributed by atoms with van der Waals surface area (Å²) >= 11 is 0. The van der Waals surface area contributed by atoms with Crippen molar-refractivity contribution in [3.8, 4) is 11.3 Å². The summed E-state index contributed by atoms with van der Waals surface area (Å²) in [6.45, 7) is 30.7. The van der Waals surface area contributed by atoms with Crippen LogP contribution in [-0.2, 0) is 57.4 Å². The summed E-state index contributed by atoms with van der Waals surface area (Å²) in [6, 6.07) is 78.7. The van der Waals surface area contributed by atoms with Gasteiger partial charge < -0.3 is 49.0 Å². The minimum absolute atomic E-state index is 0. The molecule has 0 aliphatic carbocycles. The van der Waals surface area contributed by atoms with Crippen LogP contribution in [0.4, 0.5) is 99.1 Å². The number of pyridine rings is 5. The smallest absolute Gasteiger partial charge is 0.417 e. The van der Waals surface area contributed by atoms with E-state index < -0.39 is 11.7 Å². The molecule has 9 aliphatic rings. The Balaban J connectivity index is 0.000000107. The van der Waals surface area contributed by atoms with E-state index in [0.29, 0.717) is 54.2 Å². The van der Waals surface area contributed by atoms with Gasteiger partial charge in [0, 0.05) is 140 Å². The molecule has 0 saturated carbocycles. The van der Waals surface area contributed by atoms with Gasteiger partial charge in [-0.25, -0.2) is 24.9 Å². The van der Waals surface area contributed by atoms with Crippen LogP contribution in [0.1, 0.15) is 123 Å². The second-order valence-electron chi connectivity index (χ2n) is 32.6. The number of para-hydroxylation sites is 4. The van der Waals surface area contributed by atoms with E-state index >= 15 is 0 Å². The molecule has 0 bridgehead atoms. The first-order valence-electron chi connectivity index (χ1n) is 39.5. The van der Waals surface area contributed by atoms with Gasteiger partial charge in [-0.05, 0) is 164 Å². The number of nitrogens with zero attached hydrogens (tertiary/aromatic N) is 15. The first-order valence-corrected chi connectivity index (χ1v) is 39.5. The van der Waals surface area contributed by atoms with Gasteiger partial charge in [0.2, 0.25) is 0 Å². The minimum atomic E-state index is -4.38. The molecule has 4 atom stereocenters. The predicted molar refractivity (Wildman–Crippen MR) is 452 cm³/mol. The number of anilines is 15. The third-order valence-electron chi connectivity index (χ3n) is 22.9. The van der Waals surface area contributed by atoms with Gasteiger partial charge in [0.25, 0.3) is 0 Å². The summed E-state index contributed by atoms with van der Waals surface area (Å²) in [5.74, 6) is 4.88. The Labute approximate surface area is 676 Å². The Morgan fingerprint density at radius 2 is 0.841 bits per heavy atom. The van der Waals surface area contributed by atoms with Crippen LogP contribution < -0.4 is 49.0 Å². The molecule has 0 N–H and O–H groups in total. The van der Waals surface area contributed by atoms with Crippen LogP contribution in [0, 0.1) is 12.7 Å². The first kappa shape index (κ1) is 76.0. The molecule has 9 aliphatic heterocycles. The number of rotatable bonds is 7. The molecule has 0 spiro atoms. The molecule has 7 aromatic carbocycles. The number of hydrogen-bond acceptors (Lipinski definition) is 15. The molecule has 579 valence electrons. The number of benzene rings is 7. The zero-order valence-corrected chi connectivity index (χ0v) is 68.7. The van der Waals surface area contributed by atoms with Crippen molar-refractivity contribution in [2.75, 3.05) is 49.0 Å². The summed E-state index contributed by atoms with van der Waals surface area (Å²) in [5.41, 5.74) is 19.9. The maximum Gasteiger partial charge on any atom is 0.417 e. The summed E-state index contributed by atoms with van der Waals surface area (Å²) < 4.78 is 39.1. The van der Waals surface area contributed by atoms with Gasteiger partial charge in [-0.3, -0.25) is 0 Å². The summed E-state index contributed by atoms with van der Waals surface area (Å²) in [7, 11) is 0. The molecule has 12 aromatic rings. The Morgan fingerprint density at radius 3 is 1.35 bits per heavy atom. The number of alkyl halides is 3. The second-order valence-corrected chi connectivity index (χ2v) is 32.6. The van der Waals surface area contributed by atoms with E-state index in [2.05, 4.69) is 318 Å². The minimum Gasteiger partial charge on any atom is -0.498 e. The monoisotopic (exact) mass is 1680 g/mol. The number of halogens is 3. The van der Waals surface area contributed by atoms with Gasteiger partial charge >= 0.3 is 6.18 Å². The third-order valence-corrected chi connectivity index (χ3v) is 22.9. The van der Waals surface area contributed by atoms with Gasteiger partial charge in [0.15, 0.2) is 23.3 Å². The molecular formula is C94H96F3IrN15-2. The summed E-state index contributed by atoms with van der Waals surface area (Å²) in [6.07, 6.45) is 7.33. The maximum atomic E-state index is 13.0. The Kier molecular flexibility index (Phi) is 20.3.